The summed E-state index contributed by atoms with van der Waals surface area (Å²) in [4.78, 5) is 7.98. The van der Waals surface area contributed by atoms with Gasteiger partial charge in [0.1, 0.15) is 5.75 Å². The van der Waals surface area contributed by atoms with Crippen molar-refractivity contribution in [2.75, 3.05) is 44.7 Å². The molecule has 5 heteroatoms. The number of methoxy groups -OCH3 is 1. The maximum Gasteiger partial charge on any atom is 0.119 e. The number of nitrogens with one attached hydrogen (secondary N) is 1. The third kappa shape index (κ3) is 3.41. The maximum atomic E-state index is 10.8. The van der Waals surface area contributed by atoms with Gasteiger partial charge in [0.2, 0.25) is 0 Å². The van der Waals surface area contributed by atoms with Crippen LogP contribution in [0.25, 0.3) is 10.9 Å². The van der Waals surface area contributed by atoms with Gasteiger partial charge in [-0.25, -0.2) is 0 Å². The molecule has 0 aliphatic carbocycles. The number of H-pyrrole nitrogens is 1. The number of hydrogen-bond donors (Lipinski definition) is 2. The van der Waals surface area contributed by atoms with Crippen molar-refractivity contribution in [3.05, 3.63) is 60.3 Å². The SMILES string of the molecule is COc1ccc2[nH]cc([C@@H](O)CN3CCN(c4ccccc4)CC3)c2c1. The molecular formula is C21H25N3O2. The minimum atomic E-state index is -0.515. The number of β-amino-alcohol motifs (C(OH)–C–C–N with tert-alkyl or cyclic N) is 1. The average molecular weight is 351 g/mol. The van der Waals surface area contributed by atoms with E-state index in [2.05, 4.69) is 39.0 Å². The molecule has 4 rings (SSSR count). The summed E-state index contributed by atoms with van der Waals surface area (Å²) in [6.45, 7) is 4.53. The summed E-state index contributed by atoms with van der Waals surface area (Å²) in [5.74, 6) is 0.807. The molecule has 5 nitrogen and oxygen atoms in total. The number of piperazine rings is 1. The third-order valence-corrected chi connectivity index (χ3v) is 5.20. The minimum Gasteiger partial charge on any atom is -0.497 e. The molecule has 2 N–H and O–H groups in total. The summed E-state index contributed by atoms with van der Waals surface area (Å²) in [6, 6.07) is 16.4. The zero-order valence-corrected chi connectivity index (χ0v) is 15.1. The molecule has 1 atom stereocenters. The summed E-state index contributed by atoms with van der Waals surface area (Å²) in [5.41, 5.74) is 3.23. The number of rotatable bonds is 5. The second-order valence-electron chi connectivity index (χ2n) is 6.79. The summed E-state index contributed by atoms with van der Waals surface area (Å²) in [6.07, 6.45) is 1.40. The molecule has 3 aromatic rings. The van der Waals surface area contributed by atoms with E-state index in [-0.39, 0.29) is 0 Å². The van der Waals surface area contributed by atoms with Crippen LogP contribution in [0.5, 0.6) is 5.75 Å². The molecule has 0 radical (unpaired) electrons. The molecule has 1 aliphatic heterocycles. The lowest BCUT2D eigenvalue weighted by Gasteiger charge is -2.36. The lowest BCUT2D eigenvalue weighted by molar-refractivity contribution is 0.110. The maximum absolute atomic E-state index is 10.8. The van der Waals surface area contributed by atoms with Crippen molar-refractivity contribution < 1.29 is 9.84 Å². The van der Waals surface area contributed by atoms with Gasteiger partial charge in [-0.15, -0.1) is 0 Å². The standard InChI is InChI=1S/C21H25N3O2/c1-26-17-7-8-20-18(13-17)19(14-22-20)21(25)15-23-9-11-24(12-10-23)16-5-3-2-4-6-16/h2-8,13-14,21-22,25H,9-12,15H2,1H3/t21-/m0/s1. The van der Waals surface area contributed by atoms with E-state index in [0.717, 1.165) is 48.4 Å². The first kappa shape index (κ1) is 16.9. The van der Waals surface area contributed by atoms with Crippen molar-refractivity contribution >= 4 is 16.6 Å². The van der Waals surface area contributed by atoms with E-state index in [9.17, 15) is 5.11 Å². The van der Waals surface area contributed by atoms with Gasteiger partial charge in [-0.05, 0) is 30.3 Å². The van der Waals surface area contributed by atoms with Crippen LogP contribution < -0.4 is 9.64 Å². The molecule has 0 spiro atoms. The summed E-state index contributed by atoms with van der Waals surface area (Å²) < 4.78 is 5.32. The van der Waals surface area contributed by atoms with Crippen LogP contribution in [0.1, 0.15) is 11.7 Å². The van der Waals surface area contributed by atoms with Crippen LogP contribution in [-0.2, 0) is 0 Å². The normalized spacial score (nSPS) is 16.8. The number of aromatic nitrogens is 1. The fourth-order valence-electron chi connectivity index (χ4n) is 3.69. The number of aromatic amines is 1. The third-order valence-electron chi connectivity index (χ3n) is 5.20. The highest BCUT2D eigenvalue weighted by atomic mass is 16.5. The number of para-hydroxylation sites is 1. The molecule has 2 aromatic carbocycles. The van der Waals surface area contributed by atoms with Gasteiger partial charge in [0.05, 0.1) is 13.2 Å². The Labute approximate surface area is 153 Å². The van der Waals surface area contributed by atoms with E-state index in [0.29, 0.717) is 6.54 Å². The predicted molar refractivity (Wildman–Crippen MR) is 105 cm³/mol. The predicted octanol–water partition coefficient (Wildman–Crippen LogP) is 3.03. The van der Waals surface area contributed by atoms with Crippen LogP contribution in [0.2, 0.25) is 0 Å². The highest BCUT2D eigenvalue weighted by Crippen LogP contribution is 2.28. The summed E-state index contributed by atoms with van der Waals surface area (Å²) >= 11 is 0. The Balaban J connectivity index is 1.41. The van der Waals surface area contributed by atoms with Gasteiger partial charge in [0.15, 0.2) is 0 Å². The van der Waals surface area contributed by atoms with Crippen LogP contribution in [0.3, 0.4) is 0 Å². The van der Waals surface area contributed by atoms with Crippen molar-refractivity contribution in [3.8, 4) is 5.75 Å². The van der Waals surface area contributed by atoms with E-state index >= 15 is 0 Å². The number of ether oxygens (including phenoxy) is 1. The number of anilines is 1. The van der Waals surface area contributed by atoms with Crippen LogP contribution in [0.4, 0.5) is 5.69 Å². The lowest BCUT2D eigenvalue weighted by Crippen LogP contribution is -2.47. The molecule has 2 heterocycles. The Kier molecular flexibility index (Phi) is 4.82. The second-order valence-corrected chi connectivity index (χ2v) is 6.79. The molecule has 0 bridgehead atoms. The zero-order chi connectivity index (χ0) is 17.9. The molecule has 26 heavy (non-hydrogen) atoms. The van der Waals surface area contributed by atoms with Crippen molar-refractivity contribution in [1.82, 2.24) is 9.88 Å². The monoisotopic (exact) mass is 351 g/mol. The van der Waals surface area contributed by atoms with Crippen LogP contribution in [0, 0.1) is 0 Å². The Bertz CT molecular complexity index is 854. The number of hydrogen-bond acceptors (Lipinski definition) is 4. The molecule has 1 aliphatic rings. The molecule has 136 valence electrons. The van der Waals surface area contributed by atoms with Gasteiger partial charge < -0.3 is 19.7 Å². The Morgan fingerprint density at radius 1 is 1.08 bits per heavy atom. The van der Waals surface area contributed by atoms with Crippen molar-refractivity contribution in [2.45, 2.75) is 6.10 Å². The van der Waals surface area contributed by atoms with Gasteiger partial charge >= 0.3 is 0 Å². The Morgan fingerprint density at radius 2 is 1.85 bits per heavy atom. The number of nitrogens with zero attached hydrogens (tertiary/aromatic N) is 2. The molecule has 0 amide bonds. The fourth-order valence-corrected chi connectivity index (χ4v) is 3.69. The quantitative estimate of drug-likeness (QED) is 0.742. The van der Waals surface area contributed by atoms with E-state index in [1.165, 1.54) is 5.69 Å². The van der Waals surface area contributed by atoms with Crippen LogP contribution in [0.15, 0.2) is 54.7 Å². The zero-order valence-electron chi connectivity index (χ0n) is 15.1. The first-order valence-corrected chi connectivity index (χ1v) is 9.10. The van der Waals surface area contributed by atoms with E-state index in [1.807, 2.05) is 30.5 Å². The van der Waals surface area contributed by atoms with Gasteiger partial charge in [0.25, 0.3) is 0 Å². The molecule has 0 saturated carbocycles. The van der Waals surface area contributed by atoms with E-state index in [4.69, 9.17) is 4.74 Å². The van der Waals surface area contributed by atoms with Gasteiger partial charge in [-0.2, -0.15) is 0 Å². The summed E-state index contributed by atoms with van der Waals surface area (Å²) in [5, 5.41) is 11.8. The van der Waals surface area contributed by atoms with Gasteiger partial charge in [-0.3, -0.25) is 4.90 Å². The first-order valence-electron chi connectivity index (χ1n) is 9.10. The van der Waals surface area contributed by atoms with E-state index in [1.54, 1.807) is 7.11 Å². The molecule has 1 saturated heterocycles. The van der Waals surface area contributed by atoms with Crippen molar-refractivity contribution in [3.63, 3.8) is 0 Å². The highest BCUT2D eigenvalue weighted by Gasteiger charge is 2.21. The number of aliphatic hydroxyl groups excluding tert-OH is 1. The van der Waals surface area contributed by atoms with Crippen LogP contribution in [-0.4, -0.2) is 54.8 Å². The molecular weight excluding hydrogens is 326 g/mol. The minimum absolute atomic E-state index is 0.515. The summed E-state index contributed by atoms with van der Waals surface area (Å²) in [7, 11) is 1.66. The largest absolute Gasteiger partial charge is 0.497 e. The number of aliphatic hydroxyl groups is 1. The van der Waals surface area contributed by atoms with Gasteiger partial charge in [0, 0.05) is 61.1 Å². The van der Waals surface area contributed by atoms with E-state index < -0.39 is 6.10 Å². The van der Waals surface area contributed by atoms with Gasteiger partial charge in [-0.1, -0.05) is 18.2 Å². The topological polar surface area (TPSA) is 51.7 Å². The van der Waals surface area contributed by atoms with Crippen molar-refractivity contribution in [2.24, 2.45) is 0 Å². The fraction of sp³-hybridized carbons (Fsp3) is 0.333. The molecule has 1 fully saturated rings. The van der Waals surface area contributed by atoms with Crippen molar-refractivity contribution in [1.29, 1.82) is 0 Å². The lowest BCUT2D eigenvalue weighted by atomic mass is 10.1. The Morgan fingerprint density at radius 3 is 2.58 bits per heavy atom. The first-order chi connectivity index (χ1) is 12.7. The Hall–Kier alpha value is -2.50. The smallest absolute Gasteiger partial charge is 0.119 e. The highest BCUT2D eigenvalue weighted by molar-refractivity contribution is 5.85. The van der Waals surface area contributed by atoms with Crippen LogP contribution >= 0.6 is 0 Å². The number of benzene rings is 2. The second kappa shape index (κ2) is 7.40. The molecule has 0 unspecified atom stereocenters. The number of fused-ring (bicyclic) bond motifs is 1. The molecule has 1 aromatic heterocycles. The average Bonchev–Trinajstić information content (AvgIpc) is 3.12.